The molecule has 0 saturated carbocycles. The summed E-state index contributed by atoms with van der Waals surface area (Å²) in [5, 5.41) is 7.26. The molecule has 0 radical (unpaired) electrons. The van der Waals surface area contributed by atoms with E-state index in [9.17, 15) is 9.59 Å². The molecule has 2 amide bonds. The Bertz CT molecular complexity index is 735. The predicted octanol–water partition coefficient (Wildman–Crippen LogP) is 1.58. The maximum atomic E-state index is 12.3. The van der Waals surface area contributed by atoms with Gasteiger partial charge in [0.25, 0.3) is 11.8 Å². The van der Waals surface area contributed by atoms with E-state index in [0.717, 1.165) is 24.3 Å². The minimum atomic E-state index is -0.311. The predicted molar refractivity (Wildman–Crippen MR) is 86.9 cm³/mol. The second-order valence-electron chi connectivity index (χ2n) is 5.84. The fourth-order valence-electron chi connectivity index (χ4n) is 3.10. The normalized spacial score (nSPS) is 19.5. The molecule has 2 aliphatic rings. The van der Waals surface area contributed by atoms with E-state index in [4.69, 9.17) is 4.52 Å². The minimum Gasteiger partial charge on any atom is -0.339 e. The number of rotatable bonds is 4. The topological polar surface area (TPSA) is 88.3 Å². The van der Waals surface area contributed by atoms with Crippen molar-refractivity contribution in [3.63, 3.8) is 0 Å². The zero-order chi connectivity index (χ0) is 15.8. The van der Waals surface area contributed by atoms with Gasteiger partial charge in [-0.1, -0.05) is 17.3 Å². The summed E-state index contributed by atoms with van der Waals surface area (Å²) >= 11 is 0. The van der Waals surface area contributed by atoms with Gasteiger partial charge in [-0.15, -0.1) is 12.4 Å². The minimum absolute atomic E-state index is 0. The van der Waals surface area contributed by atoms with Gasteiger partial charge in [-0.25, -0.2) is 0 Å². The van der Waals surface area contributed by atoms with Crippen molar-refractivity contribution in [2.24, 2.45) is 0 Å². The largest absolute Gasteiger partial charge is 0.339 e. The molecule has 0 aliphatic carbocycles. The molecular weight excluding hydrogens is 332 g/mol. The first-order valence-electron chi connectivity index (χ1n) is 7.72. The van der Waals surface area contributed by atoms with Crippen molar-refractivity contribution in [1.29, 1.82) is 0 Å². The van der Waals surface area contributed by atoms with E-state index in [2.05, 4.69) is 15.5 Å². The third-order valence-corrected chi connectivity index (χ3v) is 4.27. The van der Waals surface area contributed by atoms with Crippen molar-refractivity contribution in [3.8, 4) is 0 Å². The van der Waals surface area contributed by atoms with Crippen molar-refractivity contribution in [2.75, 3.05) is 6.54 Å². The maximum Gasteiger partial charge on any atom is 0.261 e. The van der Waals surface area contributed by atoms with Crippen LogP contribution < -0.4 is 5.32 Å². The molecule has 0 spiro atoms. The van der Waals surface area contributed by atoms with Gasteiger partial charge in [0.05, 0.1) is 17.7 Å². The smallest absolute Gasteiger partial charge is 0.261 e. The highest BCUT2D eigenvalue weighted by Gasteiger charge is 2.36. The molecule has 2 aromatic rings. The monoisotopic (exact) mass is 348 g/mol. The maximum absolute atomic E-state index is 12.3. The van der Waals surface area contributed by atoms with Gasteiger partial charge < -0.3 is 9.84 Å². The number of carbonyl (C=O) groups is 2. The van der Waals surface area contributed by atoms with Crippen molar-refractivity contribution in [2.45, 2.75) is 31.8 Å². The molecule has 1 aromatic carbocycles. The fraction of sp³-hybridized carbons (Fsp3) is 0.375. The number of nitrogens with one attached hydrogen (secondary N) is 1. The van der Waals surface area contributed by atoms with E-state index in [1.807, 2.05) is 0 Å². The molecule has 1 unspecified atom stereocenters. The Kier molecular flexibility index (Phi) is 4.64. The molecule has 24 heavy (non-hydrogen) atoms. The average molecular weight is 349 g/mol. The molecule has 3 heterocycles. The second kappa shape index (κ2) is 6.70. The molecule has 1 aromatic heterocycles. The summed E-state index contributed by atoms with van der Waals surface area (Å²) in [5.41, 5.74) is 0.854. The fourth-order valence-corrected chi connectivity index (χ4v) is 3.10. The lowest BCUT2D eigenvalue weighted by Crippen LogP contribution is -2.29. The Labute approximate surface area is 144 Å². The number of carbonyl (C=O) groups excluding carboxylic acids is 2. The van der Waals surface area contributed by atoms with Crippen LogP contribution in [0.3, 0.4) is 0 Å². The molecule has 8 heteroatoms. The Morgan fingerprint density at radius 2 is 1.92 bits per heavy atom. The van der Waals surface area contributed by atoms with Gasteiger partial charge in [0.1, 0.15) is 0 Å². The van der Waals surface area contributed by atoms with Crippen LogP contribution in [-0.4, -0.2) is 39.4 Å². The van der Waals surface area contributed by atoms with Crippen LogP contribution in [0.1, 0.15) is 45.3 Å². The van der Waals surface area contributed by atoms with Gasteiger partial charge in [-0.3, -0.25) is 14.5 Å². The third-order valence-electron chi connectivity index (χ3n) is 4.27. The molecule has 1 saturated heterocycles. The third kappa shape index (κ3) is 2.92. The van der Waals surface area contributed by atoms with Gasteiger partial charge in [0, 0.05) is 12.5 Å². The Morgan fingerprint density at radius 1 is 1.21 bits per heavy atom. The molecule has 126 valence electrons. The summed E-state index contributed by atoms with van der Waals surface area (Å²) in [6.45, 7) is 1.05. The zero-order valence-corrected chi connectivity index (χ0v) is 13.7. The summed E-state index contributed by atoms with van der Waals surface area (Å²) in [4.78, 5) is 30.1. The first kappa shape index (κ1) is 16.6. The summed E-state index contributed by atoms with van der Waals surface area (Å²) in [6, 6.07) is 7.16. The molecule has 1 N–H and O–H groups in total. The number of aromatic nitrogens is 2. The van der Waals surface area contributed by atoms with Gasteiger partial charge >= 0.3 is 0 Å². The van der Waals surface area contributed by atoms with Crippen LogP contribution in [0.25, 0.3) is 0 Å². The van der Waals surface area contributed by atoms with E-state index in [-0.39, 0.29) is 30.8 Å². The summed E-state index contributed by atoms with van der Waals surface area (Å²) in [7, 11) is 0. The first-order valence-corrected chi connectivity index (χ1v) is 7.72. The van der Waals surface area contributed by atoms with E-state index in [0.29, 0.717) is 35.3 Å². The van der Waals surface area contributed by atoms with Crippen LogP contribution in [0.2, 0.25) is 0 Å². The van der Waals surface area contributed by atoms with E-state index >= 15 is 0 Å². The number of fused-ring (bicyclic) bond motifs is 1. The number of halogens is 1. The summed E-state index contributed by atoms with van der Waals surface area (Å²) in [6.07, 6.45) is 2.92. The van der Waals surface area contributed by atoms with Gasteiger partial charge in [-0.2, -0.15) is 4.98 Å². The van der Waals surface area contributed by atoms with Crippen molar-refractivity contribution >= 4 is 24.2 Å². The van der Waals surface area contributed by atoms with E-state index in [1.54, 1.807) is 24.3 Å². The van der Waals surface area contributed by atoms with Crippen LogP contribution in [0.15, 0.2) is 28.8 Å². The highest BCUT2D eigenvalue weighted by atomic mass is 35.5. The number of hydrogen-bond donors (Lipinski definition) is 1. The van der Waals surface area contributed by atoms with Crippen molar-refractivity contribution in [3.05, 3.63) is 47.1 Å². The number of nitrogens with zero attached hydrogens (tertiary/aromatic N) is 3. The number of imide groups is 1. The van der Waals surface area contributed by atoms with Crippen LogP contribution in [0, 0.1) is 0 Å². The molecular formula is C16H17ClN4O3. The zero-order valence-electron chi connectivity index (χ0n) is 12.9. The van der Waals surface area contributed by atoms with Gasteiger partial charge in [0.15, 0.2) is 5.82 Å². The summed E-state index contributed by atoms with van der Waals surface area (Å²) in [5.74, 6) is 0.271. The van der Waals surface area contributed by atoms with Crippen LogP contribution in [-0.2, 0) is 13.0 Å². The van der Waals surface area contributed by atoms with Crippen LogP contribution in [0.5, 0.6) is 0 Å². The Hall–Kier alpha value is -2.25. The molecule has 2 aliphatic heterocycles. The molecule has 1 fully saturated rings. The number of benzene rings is 1. The van der Waals surface area contributed by atoms with Crippen molar-refractivity contribution < 1.29 is 14.1 Å². The summed E-state index contributed by atoms with van der Waals surface area (Å²) < 4.78 is 5.23. The Morgan fingerprint density at radius 3 is 2.54 bits per heavy atom. The number of amides is 2. The highest BCUT2D eigenvalue weighted by Crippen LogP contribution is 2.23. The van der Waals surface area contributed by atoms with E-state index < -0.39 is 0 Å². The Balaban J connectivity index is 0.00000169. The second-order valence-corrected chi connectivity index (χ2v) is 5.84. The lowest BCUT2D eigenvalue weighted by atomic mass is 10.1. The average Bonchev–Trinajstić information content (AvgIpc) is 3.27. The first-order chi connectivity index (χ1) is 11.2. The lowest BCUT2D eigenvalue weighted by molar-refractivity contribution is 0.0637. The molecule has 4 rings (SSSR count). The van der Waals surface area contributed by atoms with Gasteiger partial charge in [-0.05, 0) is 31.5 Å². The standard InChI is InChI=1S/C16H16N4O3.ClH/c21-15-11-5-1-2-6-12(11)16(22)20(15)9-13-18-14(23-19-13)8-10-4-3-7-17-10;/h1-2,5-6,10,17H,3-4,7-9H2;1H. The van der Waals surface area contributed by atoms with Crippen LogP contribution >= 0.6 is 12.4 Å². The molecule has 1 atom stereocenters. The van der Waals surface area contributed by atoms with Crippen LogP contribution in [0.4, 0.5) is 0 Å². The SMILES string of the molecule is Cl.O=C1c2ccccc2C(=O)N1Cc1noc(CC2CCCN2)n1. The molecule has 0 bridgehead atoms. The van der Waals surface area contributed by atoms with Gasteiger partial charge in [0.2, 0.25) is 5.89 Å². The van der Waals surface area contributed by atoms with E-state index in [1.165, 1.54) is 0 Å². The van der Waals surface area contributed by atoms with Crippen molar-refractivity contribution in [1.82, 2.24) is 20.4 Å². The highest BCUT2D eigenvalue weighted by molar-refractivity contribution is 6.21. The number of hydrogen-bond acceptors (Lipinski definition) is 6. The molecule has 7 nitrogen and oxygen atoms in total. The quantitative estimate of drug-likeness (QED) is 0.844. The lowest BCUT2D eigenvalue weighted by Gasteiger charge is -2.10.